The number of hydrogen-bond acceptors (Lipinski definition) is 7. The van der Waals surface area contributed by atoms with E-state index in [-0.39, 0.29) is 35.0 Å². The van der Waals surface area contributed by atoms with E-state index < -0.39 is 62.5 Å². The second-order valence-electron chi connectivity index (χ2n) is 11.6. The van der Waals surface area contributed by atoms with Gasteiger partial charge in [-0.15, -0.1) is 0 Å². The number of anilines is 1. The zero-order valence-electron chi connectivity index (χ0n) is 26.8. The molecule has 15 heteroatoms. The lowest BCUT2D eigenvalue weighted by Crippen LogP contribution is -2.49. The largest absolute Gasteiger partial charge is 0.480 e. The Morgan fingerprint density at radius 2 is 1.76 bits per heavy atom. The number of sulfonamides is 1. The van der Waals surface area contributed by atoms with Crippen LogP contribution < -0.4 is 20.8 Å². The zero-order valence-corrected chi connectivity index (χ0v) is 27.6. The third kappa shape index (κ3) is 7.68. The number of carboxylic acid groups (broad SMARTS) is 1. The SMILES string of the molecule is Cc1cc(C)c(S(=O)(=O)NC(CNC(=O)c2cn(CCc3ccccc3)c3c(F)c(CNc4ncc[nH]4)c(F)cc3c2=O)C(=O)O)c(C)c1. The summed E-state index contributed by atoms with van der Waals surface area (Å²) in [5.41, 5.74) is 0.415. The van der Waals surface area contributed by atoms with Gasteiger partial charge in [0.1, 0.15) is 17.4 Å². The number of carbonyl (C=O) groups is 2. The van der Waals surface area contributed by atoms with Crippen molar-refractivity contribution < 1.29 is 31.9 Å². The van der Waals surface area contributed by atoms with Gasteiger partial charge in [-0.3, -0.25) is 14.4 Å². The van der Waals surface area contributed by atoms with Crippen LogP contribution in [0, 0.1) is 32.4 Å². The molecule has 2 heterocycles. The highest BCUT2D eigenvalue weighted by atomic mass is 32.2. The number of carbonyl (C=O) groups excluding carboxylic acids is 1. The van der Waals surface area contributed by atoms with Crippen molar-refractivity contribution in [3.8, 4) is 0 Å². The molecule has 0 saturated heterocycles. The smallest absolute Gasteiger partial charge is 0.323 e. The first-order valence-corrected chi connectivity index (χ1v) is 16.7. The summed E-state index contributed by atoms with van der Waals surface area (Å²) in [7, 11) is -4.35. The van der Waals surface area contributed by atoms with Gasteiger partial charge in [0.05, 0.1) is 15.8 Å². The van der Waals surface area contributed by atoms with Crippen LogP contribution in [-0.4, -0.2) is 52.5 Å². The molecule has 0 saturated carbocycles. The van der Waals surface area contributed by atoms with Crippen molar-refractivity contribution in [2.45, 2.75) is 51.2 Å². The van der Waals surface area contributed by atoms with E-state index in [2.05, 4.69) is 25.3 Å². The van der Waals surface area contributed by atoms with Gasteiger partial charge < -0.3 is 25.3 Å². The van der Waals surface area contributed by atoms with Crippen molar-refractivity contribution >= 4 is 38.8 Å². The summed E-state index contributed by atoms with van der Waals surface area (Å²) in [5.74, 6) is -4.40. The number of aromatic amines is 1. The number of halogens is 2. The Morgan fingerprint density at radius 3 is 2.39 bits per heavy atom. The fourth-order valence-electron chi connectivity index (χ4n) is 5.76. The molecule has 1 unspecified atom stereocenters. The van der Waals surface area contributed by atoms with Crippen LogP contribution in [0.15, 0.2) is 76.8 Å². The minimum atomic E-state index is -4.35. The molecular formula is C34H34F2N6O6S. The molecule has 12 nitrogen and oxygen atoms in total. The summed E-state index contributed by atoms with van der Waals surface area (Å²) >= 11 is 0. The van der Waals surface area contributed by atoms with Gasteiger partial charge in [-0.2, -0.15) is 4.72 Å². The third-order valence-corrected chi connectivity index (χ3v) is 9.72. The molecule has 0 fully saturated rings. The fourth-order valence-corrected chi connectivity index (χ4v) is 7.40. The number of imidazole rings is 1. The Morgan fingerprint density at radius 1 is 1.06 bits per heavy atom. The molecule has 1 amide bonds. The first-order valence-electron chi connectivity index (χ1n) is 15.2. The maximum absolute atomic E-state index is 16.1. The van der Waals surface area contributed by atoms with Crippen molar-refractivity contribution in [3.05, 3.63) is 122 Å². The van der Waals surface area contributed by atoms with E-state index in [0.29, 0.717) is 17.5 Å². The molecule has 0 radical (unpaired) electrons. The van der Waals surface area contributed by atoms with E-state index in [1.165, 1.54) is 17.0 Å². The van der Waals surface area contributed by atoms with E-state index >= 15 is 8.78 Å². The molecule has 0 aliphatic rings. The van der Waals surface area contributed by atoms with Gasteiger partial charge >= 0.3 is 5.97 Å². The van der Waals surface area contributed by atoms with Crippen molar-refractivity contribution in [2.75, 3.05) is 11.9 Å². The van der Waals surface area contributed by atoms with E-state index in [1.807, 2.05) is 30.3 Å². The van der Waals surface area contributed by atoms with Crippen LogP contribution in [-0.2, 0) is 34.3 Å². The highest BCUT2D eigenvalue weighted by Crippen LogP contribution is 2.25. The molecule has 0 bridgehead atoms. The van der Waals surface area contributed by atoms with Crippen LogP contribution in [0.3, 0.4) is 0 Å². The number of carboxylic acids is 1. The van der Waals surface area contributed by atoms with E-state index in [1.54, 1.807) is 32.9 Å². The number of aliphatic carboxylic acids is 1. The number of aromatic nitrogens is 3. The van der Waals surface area contributed by atoms with Crippen LogP contribution >= 0.6 is 0 Å². The van der Waals surface area contributed by atoms with Crippen molar-refractivity contribution in [1.82, 2.24) is 24.6 Å². The topological polar surface area (TPSA) is 175 Å². The van der Waals surface area contributed by atoms with Gasteiger partial charge in [0.15, 0.2) is 11.8 Å². The first kappa shape index (κ1) is 34.9. The van der Waals surface area contributed by atoms with Crippen molar-refractivity contribution in [2.24, 2.45) is 0 Å². The molecule has 49 heavy (non-hydrogen) atoms. The summed E-state index contributed by atoms with van der Waals surface area (Å²) < 4.78 is 61.3. The number of H-pyrrole nitrogens is 1. The number of aryl methyl sites for hydroxylation is 5. The monoisotopic (exact) mass is 692 g/mol. The van der Waals surface area contributed by atoms with Gasteiger partial charge in [-0.1, -0.05) is 48.0 Å². The molecule has 0 aliphatic heterocycles. The summed E-state index contributed by atoms with van der Waals surface area (Å²) in [5, 5.41) is 14.5. The Labute approximate surface area is 280 Å². The van der Waals surface area contributed by atoms with Gasteiger partial charge in [0, 0.05) is 43.8 Å². The normalized spacial score (nSPS) is 12.2. The number of nitrogens with one attached hydrogen (secondary N) is 4. The highest BCUT2D eigenvalue weighted by molar-refractivity contribution is 7.89. The van der Waals surface area contributed by atoms with E-state index in [9.17, 15) is 27.9 Å². The van der Waals surface area contributed by atoms with E-state index in [0.717, 1.165) is 23.4 Å². The summed E-state index contributed by atoms with van der Waals surface area (Å²) in [6.07, 6.45) is 4.48. The fraction of sp³-hybridized carbons (Fsp3) is 0.235. The number of hydrogen-bond donors (Lipinski definition) is 5. The lowest BCUT2D eigenvalue weighted by molar-refractivity contribution is -0.138. The van der Waals surface area contributed by atoms with Gasteiger partial charge in [0.25, 0.3) is 5.91 Å². The van der Waals surface area contributed by atoms with Crippen LogP contribution in [0.2, 0.25) is 0 Å². The summed E-state index contributed by atoms with van der Waals surface area (Å²) in [6.45, 7) is 4.01. The lowest BCUT2D eigenvalue weighted by atomic mass is 10.0. The number of fused-ring (bicyclic) bond motifs is 1. The molecule has 256 valence electrons. The molecule has 2 aromatic heterocycles. The van der Waals surface area contributed by atoms with Gasteiger partial charge in [-0.05, 0) is 49.9 Å². The molecular weight excluding hydrogens is 658 g/mol. The number of benzene rings is 3. The van der Waals surface area contributed by atoms with E-state index in [4.69, 9.17) is 0 Å². The Bertz CT molecular complexity index is 2180. The lowest BCUT2D eigenvalue weighted by Gasteiger charge is -2.19. The summed E-state index contributed by atoms with van der Waals surface area (Å²) in [4.78, 5) is 45.8. The Kier molecular flexibility index (Phi) is 10.2. The Balaban J connectivity index is 1.47. The van der Waals surface area contributed by atoms with Crippen molar-refractivity contribution in [1.29, 1.82) is 0 Å². The predicted octanol–water partition coefficient (Wildman–Crippen LogP) is 3.94. The number of amides is 1. The Hall–Kier alpha value is -5.41. The number of pyridine rings is 1. The van der Waals surface area contributed by atoms with Crippen LogP contribution in [0.1, 0.15) is 38.2 Å². The average Bonchev–Trinajstić information content (AvgIpc) is 3.56. The maximum atomic E-state index is 16.1. The molecule has 0 spiro atoms. The maximum Gasteiger partial charge on any atom is 0.323 e. The molecule has 5 N–H and O–H groups in total. The average molecular weight is 693 g/mol. The molecule has 3 aromatic carbocycles. The minimum Gasteiger partial charge on any atom is -0.480 e. The molecule has 0 aliphatic carbocycles. The number of nitrogens with zero attached hydrogens (tertiary/aromatic N) is 2. The van der Waals surface area contributed by atoms with Gasteiger partial charge in [0.2, 0.25) is 15.5 Å². The van der Waals surface area contributed by atoms with Crippen LogP contribution in [0.4, 0.5) is 14.7 Å². The van der Waals surface area contributed by atoms with Gasteiger partial charge in [-0.25, -0.2) is 22.2 Å². The zero-order chi connectivity index (χ0) is 35.5. The molecule has 5 rings (SSSR count). The molecule has 5 aromatic rings. The molecule has 1 atom stereocenters. The first-order chi connectivity index (χ1) is 23.3. The predicted molar refractivity (Wildman–Crippen MR) is 179 cm³/mol. The number of rotatable bonds is 13. The summed E-state index contributed by atoms with van der Waals surface area (Å²) in [6, 6.07) is 11.5. The van der Waals surface area contributed by atoms with Crippen LogP contribution in [0.5, 0.6) is 0 Å². The van der Waals surface area contributed by atoms with Crippen molar-refractivity contribution in [3.63, 3.8) is 0 Å². The highest BCUT2D eigenvalue weighted by Gasteiger charge is 2.29. The second kappa shape index (κ2) is 14.4. The standard InChI is InChI=1S/C34H34F2N6O6S/c1-19-13-20(2)31(21(3)14-19)49(47,48)41-27(33(45)46)17-39-32(44)25-18-42(12-9-22-7-5-4-6-8-22)29-23(30(25)43)15-26(35)24(28(29)36)16-40-34-37-10-11-38-34/h4-8,10-11,13-15,18,27,41H,9,12,16-17H2,1-3H3,(H,39,44)(H,45,46)(H2,37,38,40). The third-order valence-electron chi connectivity index (χ3n) is 7.94. The van der Waals surface area contributed by atoms with Crippen LogP contribution in [0.25, 0.3) is 10.9 Å². The second-order valence-corrected chi connectivity index (χ2v) is 13.2. The minimum absolute atomic E-state index is 0.0848. The quantitative estimate of drug-likeness (QED) is 0.123.